The maximum Gasteiger partial charge on any atom is 0.279 e. The summed E-state index contributed by atoms with van der Waals surface area (Å²) in [5, 5.41) is 0. The molecule has 0 heterocycles. The number of rotatable bonds is 10. The van der Waals surface area contributed by atoms with E-state index >= 15 is 0 Å². The van der Waals surface area contributed by atoms with Crippen LogP contribution >= 0.6 is 0 Å². The molecule has 2 aliphatic carbocycles. The summed E-state index contributed by atoms with van der Waals surface area (Å²) in [7, 11) is 1.54. The summed E-state index contributed by atoms with van der Waals surface area (Å²) >= 11 is 0. The molecule has 0 aliphatic heterocycles. The van der Waals surface area contributed by atoms with Gasteiger partial charge in [0.05, 0.1) is 14.2 Å². The molecule has 2 saturated carbocycles. The molecule has 3 rings (SSSR count). The third kappa shape index (κ3) is 5.15. The molecule has 27 heavy (non-hydrogen) atoms. The molecular formula is C20H32N2O4S. The van der Waals surface area contributed by atoms with Crippen LogP contribution in [-0.4, -0.2) is 46.6 Å². The van der Waals surface area contributed by atoms with Gasteiger partial charge >= 0.3 is 0 Å². The Bertz CT molecular complexity index is 727. The highest BCUT2D eigenvalue weighted by atomic mass is 32.2. The van der Waals surface area contributed by atoms with Crippen LogP contribution in [0.4, 0.5) is 0 Å². The van der Waals surface area contributed by atoms with Crippen molar-refractivity contribution in [1.29, 1.82) is 0 Å². The lowest BCUT2D eigenvalue weighted by atomic mass is 9.90. The summed E-state index contributed by atoms with van der Waals surface area (Å²) in [6.45, 7) is 0.511. The normalized spacial score (nSPS) is 19.4. The first kappa shape index (κ1) is 20.4. The van der Waals surface area contributed by atoms with Gasteiger partial charge in [-0.15, -0.1) is 0 Å². The van der Waals surface area contributed by atoms with Crippen LogP contribution in [0.3, 0.4) is 0 Å². The number of benzene rings is 1. The quantitative estimate of drug-likeness (QED) is 0.659. The Kier molecular flexibility index (Phi) is 6.65. The fourth-order valence-electron chi connectivity index (χ4n) is 4.04. The van der Waals surface area contributed by atoms with Crippen LogP contribution < -0.4 is 14.2 Å². The predicted molar refractivity (Wildman–Crippen MR) is 107 cm³/mol. The number of hydrogen-bond acceptors (Lipinski definition) is 4. The minimum absolute atomic E-state index is 0.0996. The summed E-state index contributed by atoms with van der Waals surface area (Å²) in [5.41, 5.74) is 1.20. The molecule has 152 valence electrons. The van der Waals surface area contributed by atoms with Crippen molar-refractivity contribution >= 4 is 10.2 Å². The van der Waals surface area contributed by atoms with E-state index in [1.54, 1.807) is 21.3 Å². The van der Waals surface area contributed by atoms with E-state index < -0.39 is 10.2 Å². The largest absolute Gasteiger partial charge is 0.493 e. The number of nitrogens with one attached hydrogen (secondary N) is 1. The average Bonchev–Trinajstić information content (AvgIpc) is 3.37. The van der Waals surface area contributed by atoms with E-state index in [2.05, 4.69) is 10.8 Å². The van der Waals surface area contributed by atoms with Crippen molar-refractivity contribution in [1.82, 2.24) is 9.03 Å². The zero-order valence-corrected chi connectivity index (χ0v) is 17.4. The average molecular weight is 397 g/mol. The molecule has 1 aromatic rings. The summed E-state index contributed by atoms with van der Waals surface area (Å²) in [4.78, 5) is 0. The van der Waals surface area contributed by atoms with Crippen LogP contribution in [0.1, 0.15) is 56.4 Å². The zero-order chi connectivity index (χ0) is 19.4. The fourth-order valence-corrected chi connectivity index (χ4v) is 5.22. The molecule has 0 aromatic heterocycles. The van der Waals surface area contributed by atoms with Gasteiger partial charge in [-0.2, -0.15) is 17.4 Å². The SMILES string of the molecule is COc1ccc(C(CCN(C)S(=O)(=O)NC2CCCC2)C2CC2)cc1OC. The highest BCUT2D eigenvalue weighted by Gasteiger charge is 2.34. The number of hydrogen-bond donors (Lipinski definition) is 1. The Morgan fingerprint density at radius 3 is 2.37 bits per heavy atom. The molecule has 0 amide bonds. The third-order valence-electron chi connectivity index (χ3n) is 5.86. The molecule has 2 fully saturated rings. The van der Waals surface area contributed by atoms with E-state index in [-0.39, 0.29) is 6.04 Å². The molecule has 1 atom stereocenters. The van der Waals surface area contributed by atoms with Crippen LogP contribution in [0.2, 0.25) is 0 Å². The van der Waals surface area contributed by atoms with Gasteiger partial charge in [0, 0.05) is 19.6 Å². The van der Waals surface area contributed by atoms with Gasteiger partial charge in [0.15, 0.2) is 11.5 Å². The first-order valence-electron chi connectivity index (χ1n) is 9.90. The molecule has 0 spiro atoms. The van der Waals surface area contributed by atoms with E-state index in [1.165, 1.54) is 22.7 Å². The first-order valence-corrected chi connectivity index (χ1v) is 11.3. The van der Waals surface area contributed by atoms with Crippen molar-refractivity contribution in [2.45, 2.75) is 56.9 Å². The molecule has 1 N–H and O–H groups in total. The second-order valence-electron chi connectivity index (χ2n) is 7.77. The van der Waals surface area contributed by atoms with Crippen molar-refractivity contribution in [3.8, 4) is 11.5 Å². The van der Waals surface area contributed by atoms with Gasteiger partial charge < -0.3 is 9.47 Å². The topological polar surface area (TPSA) is 67.9 Å². The van der Waals surface area contributed by atoms with Crippen LogP contribution in [0.5, 0.6) is 11.5 Å². The van der Waals surface area contributed by atoms with Crippen molar-refractivity contribution in [3.05, 3.63) is 23.8 Å². The minimum Gasteiger partial charge on any atom is -0.493 e. The number of nitrogens with zero attached hydrogens (tertiary/aromatic N) is 1. The molecule has 6 nitrogen and oxygen atoms in total. The maximum atomic E-state index is 12.6. The molecule has 1 unspecified atom stereocenters. The van der Waals surface area contributed by atoms with Gasteiger partial charge in [-0.25, -0.2) is 0 Å². The summed E-state index contributed by atoms with van der Waals surface area (Å²) in [6, 6.07) is 6.15. The second kappa shape index (κ2) is 8.80. The Hall–Kier alpha value is -1.31. The lowest BCUT2D eigenvalue weighted by molar-refractivity contribution is 0.353. The van der Waals surface area contributed by atoms with Gasteiger partial charge in [-0.05, 0) is 61.6 Å². The van der Waals surface area contributed by atoms with E-state index in [1.807, 2.05) is 12.1 Å². The maximum absolute atomic E-state index is 12.6. The summed E-state index contributed by atoms with van der Waals surface area (Å²) in [6.07, 6.45) is 7.33. The molecule has 1 aromatic carbocycles. The third-order valence-corrected chi connectivity index (χ3v) is 7.50. The standard InChI is InChI=1S/C20H32N2O4S/c1-22(27(23,24)21-17-6-4-5-7-17)13-12-18(15-8-9-15)16-10-11-19(25-2)20(14-16)26-3/h10-11,14-15,17-18,21H,4-9,12-13H2,1-3H3. The van der Waals surface area contributed by atoms with Gasteiger partial charge in [0.1, 0.15) is 0 Å². The molecule has 2 aliphatic rings. The molecule has 0 saturated heterocycles. The van der Waals surface area contributed by atoms with E-state index in [4.69, 9.17) is 9.47 Å². The van der Waals surface area contributed by atoms with Gasteiger partial charge in [0.2, 0.25) is 0 Å². The van der Waals surface area contributed by atoms with Crippen LogP contribution in [0.15, 0.2) is 18.2 Å². The van der Waals surface area contributed by atoms with Crippen LogP contribution in [0.25, 0.3) is 0 Å². The molecule has 7 heteroatoms. The van der Waals surface area contributed by atoms with E-state index in [9.17, 15) is 8.42 Å². The Morgan fingerprint density at radius 1 is 1.11 bits per heavy atom. The highest BCUT2D eigenvalue weighted by molar-refractivity contribution is 7.87. The first-order chi connectivity index (χ1) is 12.9. The fraction of sp³-hybridized carbons (Fsp3) is 0.700. The monoisotopic (exact) mass is 396 g/mol. The number of methoxy groups -OCH3 is 2. The van der Waals surface area contributed by atoms with Crippen molar-refractivity contribution < 1.29 is 17.9 Å². The Morgan fingerprint density at radius 2 is 1.78 bits per heavy atom. The second-order valence-corrected chi connectivity index (χ2v) is 9.58. The van der Waals surface area contributed by atoms with Gasteiger partial charge in [-0.3, -0.25) is 0 Å². The molecular weight excluding hydrogens is 364 g/mol. The van der Waals surface area contributed by atoms with Crippen molar-refractivity contribution in [2.75, 3.05) is 27.8 Å². The zero-order valence-electron chi connectivity index (χ0n) is 16.6. The van der Waals surface area contributed by atoms with Crippen molar-refractivity contribution in [3.63, 3.8) is 0 Å². The van der Waals surface area contributed by atoms with E-state index in [0.717, 1.165) is 43.6 Å². The molecule has 0 bridgehead atoms. The van der Waals surface area contributed by atoms with Crippen LogP contribution in [0, 0.1) is 5.92 Å². The van der Waals surface area contributed by atoms with Gasteiger partial charge in [-0.1, -0.05) is 18.9 Å². The summed E-state index contributed by atoms with van der Waals surface area (Å²) < 4.78 is 40.3. The lowest BCUT2D eigenvalue weighted by Gasteiger charge is -2.24. The van der Waals surface area contributed by atoms with E-state index in [0.29, 0.717) is 18.4 Å². The molecule has 0 radical (unpaired) electrons. The summed E-state index contributed by atoms with van der Waals surface area (Å²) in [5.74, 6) is 2.41. The predicted octanol–water partition coefficient (Wildman–Crippen LogP) is 3.30. The Balaban J connectivity index is 1.65. The van der Waals surface area contributed by atoms with Gasteiger partial charge in [0.25, 0.3) is 10.2 Å². The Labute approximate surface area is 163 Å². The van der Waals surface area contributed by atoms with Crippen LogP contribution in [-0.2, 0) is 10.2 Å². The number of ether oxygens (including phenoxy) is 2. The highest BCUT2D eigenvalue weighted by Crippen LogP contribution is 2.46. The smallest absolute Gasteiger partial charge is 0.279 e. The minimum atomic E-state index is -3.41. The lowest BCUT2D eigenvalue weighted by Crippen LogP contribution is -2.43. The van der Waals surface area contributed by atoms with Crippen molar-refractivity contribution in [2.24, 2.45) is 5.92 Å².